The minimum absolute atomic E-state index is 0.0213. The number of piperidine rings is 1. The zero-order valence-electron chi connectivity index (χ0n) is 21.3. The minimum atomic E-state index is -0.754. The lowest BCUT2D eigenvalue weighted by Gasteiger charge is -2.36. The van der Waals surface area contributed by atoms with Gasteiger partial charge in [0.05, 0.1) is 18.0 Å². The van der Waals surface area contributed by atoms with Gasteiger partial charge in [-0.25, -0.2) is 9.37 Å². The summed E-state index contributed by atoms with van der Waals surface area (Å²) in [6.07, 6.45) is 4.20. The number of H-pyrrole nitrogens is 1. The highest BCUT2D eigenvalue weighted by Gasteiger charge is 2.31. The summed E-state index contributed by atoms with van der Waals surface area (Å²) in [7, 11) is 0. The molecule has 4 aromatic rings. The Kier molecular flexibility index (Phi) is 7.26. The number of rotatable bonds is 9. The second-order valence-corrected chi connectivity index (χ2v) is 10.0. The van der Waals surface area contributed by atoms with Crippen molar-refractivity contribution < 1.29 is 18.4 Å². The number of para-hydroxylation sites is 2. The van der Waals surface area contributed by atoms with Crippen LogP contribution in [0.5, 0.6) is 0 Å². The summed E-state index contributed by atoms with van der Waals surface area (Å²) in [5, 5.41) is 4.13. The van der Waals surface area contributed by atoms with Crippen LogP contribution >= 0.6 is 0 Å². The third kappa shape index (κ3) is 5.38. The van der Waals surface area contributed by atoms with Gasteiger partial charge in [-0.15, -0.1) is 0 Å². The molecule has 2 aromatic heterocycles. The Labute approximate surface area is 215 Å². The number of halogens is 1. The van der Waals surface area contributed by atoms with E-state index in [0.29, 0.717) is 22.8 Å². The first-order valence-corrected chi connectivity index (χ1v) is 13.1. The third-order valence-electron chi connectivity index (χ3n) is 7.38. The van der Waals surface area contributed by atoms with Crippen LogP contribution in [0, 0.1) is 5.82 Å². The molecule has 2 aromatic carbocycles. The number of amides is 1. The standard InChI is InChI=1S/C29H33FN4O3/c1-3-20-10-6-7-14-34(20)27(36)17-23(31-26-16-19-9-4-5-13-25(19)37-26)24(35)15-18(2)29-32-22-12-8-11-21(30)28(22)33-29/h4-5,8-9,11-13,16,18,20,23,31H,3,6-7,10,14-15,17H2,1-2H3,(H,32,33)/t18-,20+,23+/m1/s1. The van der Waals surface area contributed by atoms with Gasteiger partial charge in [0.2, 0.25) is 5.91 Å². The van der Waals surface area contributed by atoms with Crippen LogP contribution in [0.1, 0.15) is 64.1 Å². The minimum Gasteiger partial charge on any atom is -0.441 e. The number of anilines is 1. The number of nitrogens with one attached hydrogen (secondary N) is 2. The fourth-order valence-corrected chi connectivity index (χ4v) is 5.31. The van der Waals surface area contributed by atoms with Crippen LogP contribution < -0.4 is 5.32 Å². The summed E-state index contributed by atoms with van der Waals surface area (Å²) in [4.78, 5) is 36.5. The van der Waals surface area contributed by atoms with E-state index in [1.807, 2.05) is 42.2 Å². The molecule has 37 heavy (non-hydrogen) atoms. The maximum Gasteiger partial charge on any atom is 0.225 e. The van der Waals surface area contributed by atoms with E-state index in [0.717, 1.165) is 37.6 Å². The highest BCUT2D eigenvalue weighted by molar-refractivity contribution is 5.93. The number of benzene rings is 2. The van der Waals surface area contributed by atoms with Crippen LogP contribution in [0.4, 0.5) is 10.3 Å². The van der Waals surface area contributed by atoms with Gasteiger partial charge in [-0.1, -0.05) is 38.1 Å². The average molecular weight is 505 g/mol. The number of likely N-dealkylation sites (tertiary alicyclic amines) is 1. The first kappa shape index (κ1) is 25.0. The van der Waals surface area contributed by atoms with Crippen molar-refractivity contribution in [2.45, 2.75) is 70.4 Å². The Morgan fingerprint density at radius 2 is 2.03 bits per heavy atom. The van der Waals surface area contributed by atoms with Crippen LogP contribution in [0.25, 0.3) is 22.0 Å². The average Bonchev–Trinajstić information content (AvgIpc) is 3.53. The van der Waals surface area contributed by atoms with Gasteiger partial charge in [0.15, 0.2) is 17.5 Å². The molecule has 0 saturated carbocycles. The van der Waals surface area contributed by atoms with E-state index in [9.17, 15) is 14.0 Å². The predicted octanol–water partition coefficient (Wildman–Crippen LogP) is 6.17. The number of Topliss-reactive ketones (excluding diaryl/α,β-unsaturated/α-hetero) is 1. The second kappa shape index (κ2) is 10.7. The molecule has 7 nitrogen and oxygen atoms in total. The van der Waals surface area contributed by atoms with Crippen molar-refractivity contribution in [2.75, 3.05) is 11.9 Å². The molecule has 0 aliphatic carbocycles. The van der Waals surface area contributed by atoms with E-state index in [1.165, 1.54) is 6.07 Å². The zero-order chi connectivity index (χ0) is 25.9. The number of carbonyl (C=O) groups is 2. The lowest BCUT2D eigenvalue weighted by Crippen LogP contribution is -2.46. The number of hydrogen-bond donors (Lipinski definition) is 2. The Balaban J connectivity index is 1.36. The fourth-order valence-electron chi connectivity index (χ4n) is 5.31. The summed E-state index contributed by atoms with van der Waals surface area (Å²) in [5.74, 6) is 0.174. The number of ketones is 1. The van der Waals surface area contributed by atoms with Gasteiger partial charge >= 0.3 is 0 Å². The van der Waals surface area contributed by atoms with E-state index >= 15 is 0 Å². The van der Waals surface area contributed by atoms with Gasteiger partial charge in [0, 0.05) is 36.4 Å². The van der Waals surface area contributed by atoms with Gasteiger partial charge in [0.1, 0.15) is 16.9 Å². The monoisotopic (exact) mass is 504 g/mol. The third-order valence-corrected chi connectivity index (χ3v) is 7.38. The number of fused-ring (bicyclic) bond motifs is 2. The van der Waals surface area contributed by atoms with E-state index < -0.39 is 11.9 Å². The van der Waals surface area contributed by atoms with Crippen LogP contribution in [0.2, 0.25) is 0 Å². The largest absolute Gasteiger partial charge is 0.441 e. The summed E-state index contributed by atoms with van der Waals surface area (Å²) < 4.78 is 20.1. The van der Waals surface area contributed by atoms with Crippen LogP contribution in [0.15, 0.2) is 52.9 Å². The molecule has 0 unspecified atom stereocenters. The van der Waals surface area contributed by atoms with Crippen molar-refractivity contribution in [2.24, 2.45) is 0 Å². The molecule has 1 aliphatic rings. The molecule has 2 N–H and O–H groups in total. The number of aromatic nitrogens is 2. The van der Waals surface area contributed by atoms with Crippen molar-refractivity contribution in [1.29, 1.82) is 0 Å². The molecule has 0 radical (unpaired) electrons. The van der Waals surface area contributed by atoms with Crippen molar-refractivity contribution >= 4 is 39.6 Å². The van der Waals surface area contributed by atoms with Gasteiger partial charge in [-0.05, 0) is 43.9 Å². The molecule has 0 spiro atoms. The van der Waals surface area contributed by atoms with Crippen molar-refractivity contribution in [3.63, 3.8) is 0 Å². The van der Waals surface area contributed by atoms with Crippen LogP contribution in [-0.2, 0) is 9.59 Å². The van der Waals surface area contributed by atoms with E-state index in [2.05, 4.69) is 22.2 Å². The number of furan rings is 1. The number of nitrogens with zero attached hydrogens (tertiary/aromatic N) is 2. The zero-order valence-corrected chi connectivity index (χ0v) is 21.3. The molecule has 194 valence electrons. The SMILES string of the molecule is CC[C@H]1CCCCN1C(=O)C[C@H](Nc1cc2ccccc2o1)C(=O)C[C@@H](C)c1nc2c(F)cccc2[nH]1. The normalized spacial score (nSPS) is 17.7. The Hall–Kier alpha value is -3.68. The molecule has 1 aliphatic heterocycles. The number of imidazole rings is 1. The Morgan fingerprint density at radius 1 is 1.19 bits per heavy atom. The molecule has 8 heteroatoms. The van der Waals surface area contributed by atoms with E-state index in [-0.39, 0.29) is 42.0 Å². The predicted molar refractivity (Wildman–Crippen MR) is 142 cm³/mol. The molecule has 3 heterocycles. The van der Waals surface area contributed by atoms with Crippen molar-refractivity contribution in [1.82, 2.24) is 14.9 Å². The lowest BCUT2D eigenvalue weighted by atomic mass is 9.95. The fraction of sp³-hybridized carbons (Fsp3) is 0.414. The van der Waals surface area contributed by atoms with Crippen LogP contribution in [-0.4, -0.2) is 45.2 Å². The molecule has 3 atom stereocenters. The molecule has 5 rings (SSSR count). The molecular weight excluding hydrogens is 471 g/mol. The topological polar surface area (TPSA) is 91.2 Å². The molecule has 1 saturated heterocycles. The highest BCUT2D eigenvalue weighted by Crippen LogP contribution is 2.27. The van der Waals surface area contributed by atoms with Gasteiger partial charge in [-0.3, -0.25) is 9.59 Å². The van der Waals surface area contributed by atoms with E-state index in [1.54, 1.807) is 12.1 Å². The van der Waals surface area contributed by atoms with Crippen molar-refractivity contribution in [3.05, 3.63) is 60.2 Å². The van der Waals surface area contributed by atoms with Gasteiger partial charge in [0.25, 0.3) is 0 Å². The lowest BCUT2D eigenvalue weighted by molar-refractivity contribution is -0.137. The summed E-state index contributed by atoms with van der Waals surface area (Å²) in [6.45, 7) is 4.71. The maximum atomic E-state index is 14.2. The molecular formula is C29H33FN4O3. The first-order chi connectivity index (χ1) is 17.9. The number of hydrogen-bond acceptors (Lipinski definition) is 5. The van der Waals surface area contributed by atoms with E-state index in [4.69, 9.17) is 4.42 Å². The number of carbonyl (C=O) groups excluding carboxylic acids is 2. The number of aromatic amines is 1. The van der Waals surface area contributed by atoms with Gasteiger partial charge < -0.3 is 19.6 Å². The quantitative estimate of drug-likeness (QED) is 0.284. The molecule has 1 fully saturated rings. The summed E-state index contributed by atoms with van der Waals surface area (Å²) in [5.41, 5.74) is 1.57. The Bertz CT molecular complexity index is 1380. The Morgan fingerprint density at radius 3 is 2.81 bits per heavy atom. The first-order valence-electron chi connectivity index (χ1n) is 13.1. The molecule has 1 amide bonds. The van der Waals surface area contributed by atoms with Crippen molar-refractivity contribution in [3.8, 4) is 0 Å². The maximum absolute atomic E-state index is 14.2. The summed E-state index contributed by atoms with van der Waals surface area (Å²) in [6, 6.07) is 13.7. The highest BCUT2D eigenvalue weighted by atomic mass is 19.1. The smallest absolute Gasteiger partial charge is 0.225 e. The summed E-state index contributed by atoms with van der Waals surface area (Å²) >= 11 is 0. The molecule has 0 bridgehead atoms. The van der Waals surface area contributed by atoms with Crippen LogP contribution in [0.3, 0.4) is 0 Å². The van der Waals surface area contributed by atoms with Gasteiger partial charge in [-0.2, -0.15) is 0 Å². The second-order valence-electron chi connectivity index (χ2n) is 10.0.